The third kappa shape index (κ3) is 8.40. The molecule has 1 fully saturated rings. The molecule has 0 amide bonds. The zero-order valence-corrected chi connectivity index (χ0v) is 24.0. The van der Waals surface area contributed by atoms with E-state index in [2.05, 4.69) is 77.6 Å². The minimum Gasteiger partial charge on any atom is -0.489 e. The highest BCUT2D eigenvalue weighted by Gasteiger charge is 2.14. The number of carboxylic acids is 1. The van der Waals surface area contributed by atoms with Gasteiger partial charge >= 0.3 is 5.97 Å². The molecule has 1 atom stereocenters. The number of rotatable bonds is 10. The molecule has 1 saturated heterocycles. The summed E-state index contributed by atoms with van der Waals surface area (Å²) in [6.07, 6.45) is 3.23. The Labute approximate surface area is 241 Å². The Bertz CT molecular complexity index is 1370. The van der Waals surface area contributed by atoms with E-state index in [1.165, 1.54) is 11.8 Å². The van der Waals surface area contributed by atoms with Crippen LogP contribution in [-0.4, -0.2) is 67.8 Å². The van der Waals surface area contributed by atoms with E-state index in [9.17, 15) is 4.79 Å². The maximum absolute atomic E-state index is 11.1. The minimum absolute atomic E-state index is 0.367. The molecule has 0 bridgehead atoms. The second-order valence-electron chi connectivity index (χ2n) is 9.45. The predicted octanol–water partition coefficient (Wildman–Crippen LogP) is 5.76. The lowest BCUT2D eigenvalue weighted by Gasteiger charge is -2.24. The Kier molecular flexibility index (Phi) is 10.7. The number of aryl methyl sites for hydroxylation is 1. The molecule has 0 aromatic heterocycles. The van der Waals surface area contributed by atoms with E-state index >= 15 is 0 Å². The van der Waals surface area contributed by atoms with Crippen LogP contribution in [0.5, 0.6) is 11.5 Å². The average Bonchev–Trinajstić information content (AvgIpc) is 2.98. The first-order valence-corrected chi connectivity index (χ1v) is 14.5. The fourth-order valence-electron chi connectivity index (χ4n) is 4.22. The Morgan fingerprint density at radius 3 is 2.38 bits per heavy atom. The molecule has 3 aromatic rings. The average molecular weight is 558 g/mol. The normalized spacial score (nSPS) is 14.6. The Hall–Kier alpha value is -3.70. The number of carbonyl (C=O) groups is 1. The van der Waals surface area contributed by atoms with Crippen LogP contribution in [0.1, 0.15) is 29.2 Å². The molecule has 0 spiro atoms. The van der Waals surface area contributed by atoms with Crippen LogP contribution in [0.3, 0.4) is 0 Å². The maximum Gasteiger partial charge on any atom is 0.344 e. The van der Waals surface area contributed by atoms with Gasteiger partial charge in [-0.25, -0.2) is 4.79 Å². The summed E-state index contributed by atoms with van der Waals surface area (Å²) in [7, 11) is 0. The van der Waals surface area contributed by atoms with Crippen LogP contribution in [0.4, 0.5) is 0 Å². The number of morpholine rings is 1. The molecule has 7 heteroatoms. The third-order valence-electron chi connectivity index (χ3n) is 6.57. The number of thioether (sulfide) groups is 1. The molecule has 1 aliphatic rings. The highest BCUT2D eigenvalue weighted by molar-refractivity contribution is 7.98. The van der Waals surface area contributed by atoms with Crippen LogP contribution in [-0.2, 0) is 9.53 Å². The van der Waals surface area contributed by atoms with Crippen LogP contribution in [0, 0.1) is 18.8 Å². The number of ether oxygens (including phenoxy) is 3. The monoisotopic (exact) mass is 557 g/mol. The van der Waals surface area contributed by atoms with Crippen molar-refractivity contribution in [3.8, 4) is 23.3 Å². The van der Waals surface area contributed by atoms with Crippen LogP contribution in [0.15, 0.2) is 77.7 Å². The molecular formula is C33H35NO5S. The molecule has 1 aliphatic heterocycles. The van der Waals surface area contributed by atoms with Crippen LogP contribution in [0.2, 0.25) is 0 Å². The van der Waals surface area contributed by atoms with Crippen molar-refractivity contribution in [3.05, 3.63) is 95.1 Å². The van der Waals surface area contributed by atoms with E-state index in [0.717, 1.165) is 60.7 Å². The number of nitrogens with zero attached hydrogens (tertiary/aromatic N) is 1. The SMILES string of the molecule is CSc1ccc(/C(=C/COc2ccc(OC(C)C(=O)O)c(C)c2)c2ccc(C#CCN3CCOCC3)cc2)cc1. The van der Waals surface area contributed by atoms with E-state index in [1.807, 2.05) is 13.0 Å². The van der Waals surface area contributed by atoms with Gasteiger partial charge in [-0.1, -0.05) is 36.1 Å². The molecule has 1 N–H and O–H groups in total. The zero-order valence-electron chi connectivity index (χ0n) is 23.2. The van der Waals surface area contributed by atoms with Crippen molar-refractivity contribution in [1.29, 1.82) is 0 Å². The summed E-state index contributed by atoms with van der Waals surface area (Å²) in [6, 6.07) is 22.2. The molecule has 0 saturated carbocycles. The molecule has 0 aliphatic carbocycles. The van der Waals surface area contributed by atoms with Gasteiger partial charge in [0.05, 0.1) is 19.8 Å². The molecule has 208 valence electrons. The minimum atomic E-state index is -1.00. The largest absolute Gasteiger partial charge is 0.489 e. The summed E-state index contributed by atoms with van der Waals surface area (Å²) >= 11 is 1.71. The number of aliphatic carboxylic acids is 1. The van der Waals surface area contributed by atoms with Crippen molar-refractivity contribution in [1.82, 2.24) is 4.90 Å². The van der Waals surface area contributed by atoms with Gasteiger partial charge in [-0.3, -0.25) is 4.90 Å². The quantitative estimate of drug-likeness (QED) is 0.251. The lowest BCUT2D eigenvalue weighted by Crippen LogP contribution is -2.36. The molecule has 40 heavy (non-hydrogen) atoms. The molecule has 0 radical (unpaired) electrons. The van der Waals surface area contributed by atoms with Gasteiger partial charge in [0.2, 0.25) is 0 Å². The van der Waals surface area contributed by atoms with Gasteiger partial charge in [-0.2, -0.15) is 0 Å². The van der Waals surface area contributed by atoms with E-state index in [4.69, 9.17) is 19.3 Å². The lowest BCUT2D eigenvalue weighted by atomic mass is 9.97. The summed E-state index contributed by atoms with van der Waals surface area (Å²) in [4.78, 5) is 14.6. The van der Waals surface area contributed by atoms with Gasteiger partial charge in [0, 0.05) is 23.5 Å². The van der Waals surface area contributed by atoms with Crippen molar-refractivity contribution in [2.45, 2.75) is 24.8 Å². The topological polar surface area (TPSA) is 68.2 Å². The van der Waals surface area contributed by atoms with E-state index in [0.29, 0.717) is 18.1 Å². The van der Waals surface area contributed by atoms with Crippen LogP contribution in [0.25, 0.3) is 5.57 Å². The number of hydrogen-bond donors (Lipinski definition) is 1. The standard InChI is InChI=1S/C33H35NO5S/c1-24-23-29(12-15-32(24)39-25(2)33(35)36)38-20-16-31(28-10-13-30(40-3)14-11-28)27-8-6-26(7-9-27)5-4-17-34-18-21-37-22-19-34/h6-16,23,25H,17-22H2,1-3H3,(H,35,36)/b31-16+. The number of hydrogen-bond acceptors (Lipinski definition) is 6. The number of benzene rings is 3. The third-order valence-corrected chi connectivity index (χ3v) is 7.31. The predicted molar refractivity (Wildman–Crippen MR) is 160 cm³/mol. The smallest absolute Gasteiger partial charge is 0.344 e. The van der Waals surface area contributed by atoms with E-state index < -0.39 is 12.1 Å². The maximum atomic E-state index is 11.1. The molecule has 4 rings (SSSR count). The highest BCUT2D eigenvalue weighted by atomic mass is 32.2. The summed E-state index contributed by atoms with van der Waals surface area (Å²) in [5.41, 5.74) is 5.07. The Balaban J connectivity index is 1.48. The second kappa shape index (κ2) is 14.6. The van der Waals surface area contributed by atoms with Crippen molar-refractivity contribution in [2.24, 2.45) is 0 Å². The summed E-state index contributed by atoms with van der Waals surface area (Å²) in [6.45, 7) is 7.91. The van der Waals surface area contributed by atoms with Gasteiger partial charge in [0.25, 0.3) is 0 Å². The van der Waals surface area contributed by atoms with Crippen molar-refractivity contribution in [3.63, 3.8) is 0 Å². The number of carboxylic acid groups (broad SMARTS) is 1. The van der Waals surface area contributed by atoms with Gasteiger partial charge in [-0.15, -0.1) is 11.8 Å². The van der Waals surface area contributed by atoms with Crippen molar-refractivity contribution < 1.29 is 24.1 Å². The fraction of sp³-hybridized carbons (Fsp3) is 0.303. The van der Waals surface area contributed by atoms with Gasteiger partial charge < -0.3 is 19.3 Å². The first-order chi connectivity index (χ1) is 19.4. The van der Waals surface area contributed by atoms with Crippen molar-refractivity contribution in [2.75, 3.05) is 45.7 Å². The molecule has 1 unspecified atom stereocenters. The van der Waals surface area contributed by atoms with E-state index in [-0.39, 0.29) is 0 Å². The van der Waals surface area contributed by atoms with Gasteiger partial charge in [0.15, 0.2) is 6.10 Å². The molecule has 6 nitrogen and oxygen atoms in total. The first kappa shape index (κ1) is 29.3. The second-order valence-corrected chi connectivity index (χ2v) is 10.3. The summed E-state index contributed by atoms with van der Waals surface area (Å²) < 4.78 is 17.0. The van der Waals surface area contributed by atoms with Crippen molar-refractivity contribution >= 4 is 23.3 Å². The first-order valence-electron chi connectivity index (χ1n) is 13.3. The lowest BCUT2D eigenvalue weighted by molar-refractivity contribution is -0.144. The van der Waals surface area contributed by atoms with Crippen LogP contribution >= 0.6 is 11.8 Å². The highest BCUT2D eigenvalue weighted by Crippen LogP contribution is 2.27. The Morgan fingerprint density at radius 2 is 1.75 bits per heavy atom. The fourth-order valence-corrected chi connectivity index (χ4v) is 4.63. The van der Waals surface area contributed by atoms with Crippen LogP contribution < -0.4 is 9.47 Å². The molecular weight excluding hydrogens is 522 g/mol. The summed E-state index contributed by atoms with van der Waals surface area (Å²) in [5, 5.41) is 9.11. The molecule has 3 aromatic carbocycles. The van der Waals surface area contributed by atoms with E-state index in [1.54, 1.807) is 23.9 Å². The molecule has 1 heterocycles. The summed E-state index contributed by atoms with van der Waals surface area (Å²) in [5.74, 6) is 6.78. The Morgan fingerprint density at radius 1 is 1.07 bits per heavy atom. The zero-order chi connectivity index (χ0) is 28.3. The van der Waals surface area contributed by atoms with Gasteiger partial charge in [0.1, 0.15) is 18.1 Å². The van der Waals surface area contributed by atoms with Gasteiger partial charge in [-0.05, 0) is 90.9 Å².